The van der Waals surface area contributed by atoms with E-state index in [9.17, 15) is 28.1 Å². The molecule has 15 nitrogen and oxygen atoms in total. The number of amides is 2. The number of nitrogens with two attached hydrogens (primary N) is 1. The summed E-state index contributed by atoms with van der Waals surface area (Å²) in [7, 11) is -4.58. The number of benzene rings is 4. The largest absolute Gasteiger partial charge is 0.455 e. The third-order valence-corrected chi connectivity index (χ3v) is 14.5. The number of rotatable bonds is 14. The van der Waals surface area contributed by atoms with Gasteiger partial charge >= 0.3 is 0 Å². The van der Waals surface area contributed by atoms with Gasteiger partial charge in [-0.2, -0.15) is 0 Å². The van der Waals surface area contributed by atoms with Gasteiger partial charge in [-0.1, -0.05) is 42.5 Å². The molecule has 2 aromatic heterocycles. The first-order valence-electron chi connectivity index (χ1n) is 22.2. The third kappa shape index (κ3) is 9.54. The number of hydrogen-bond acceptors (Lipinski definition) is 11. The maximum absolute atomic E-state index is 14.0. The Morgan fingerprint density at radius 1 is 0.892 bits per heavy atom. The number of nitrogens with one attached hydrogen (secondary N) is 3. The van der Waals surface area contributed by atoms with Crippen molar-refractivity contribution in [2.45, 2.75) is 68.2 Å². The summed E-state index contributed by atoms with van der Waals surface area (Å²) in [5.74, 6) is -0.180. The molecule has 0 bridgehead atoms. The molecule has 5 N–H and O–H groups in total. The molecule has 1 saturated carbocycles. The molecule has 3 fully saturated rings. The average molecular weight is 898 g/mol. The van der Waals surface area contributed by atoms with E-state index in [1.807, 2.05) is 18.2 Å². The first-order valence-corrected chi connectivity index (χ1v) is 23.7. The number of hydrogen-bond donors (Lipinski definition) is 4. The molecule has 3 aliphatic rings. The van der Waals surface area contributed by atoms with Gasteiger partial charge in [0, 0.05) is 55.6 Å². The van der Waals surface area contributed by atoms with Gasteiger partial charge in [0.25, 0.3) is 21.6 Å². The van der Waals surface area contributed by atoms with E-state index in [2.05, 4.69) is 61.3 Å². The maximum atomic E-state index is 14.0. The number of aromatic amines is 1. The van der Waals surface area contributed by atoms with Crippen molar-refractivity contribution in [3.05, 3.63) is 136 Å². The predicted molar refractivity (Wildman–Crippen MR) is 247 cm³/mol. The highest BCUT2D eigenvalue weighted by Crippen LogP contribution is 2.44. The first-order chi connectivity index (χ1) is 31.5. The van der Waals surface area contributed by atoms with E-state index in [0.717, 1.165) is 86.2 Å². The summed E-state index contributed by atoms with van der Waals surface area (Å²) in [5, 5.41) is 16.0. The van der Waals surface area contributed by atoms with Crippen LogP contribution in [0.25, 0.3) is 22.2 Å². The molecule has 0 unspecified atom stereocenters. The van der Waals surface area contributed by atoms with Crippen LogP contribution in [0.1, 0.15) is 84.8 Å². The summed E-state index contributed by atoms with van der Waals surface area (Å²) in [5.41, 5.74) is 11.3. The van der Waals surface area contributed by atoms with Crippen LogP contribution < -0.4 is 25.4 Å². The Morgan fingerprint density at radius 3 is 2.40 bits per heavy atom. The SMILES string of the molecule is NC(=O)C1CCC(c2ccccc2[C@H]2CCCN2c2ccc(-c3ccc(C(=O)NS(=O)(=O)c4ccc(NCC5CCOCC5)c([N+](=O)[O-])c4)c(Oc4cnc5[nH]ccc5c4)c3)cc2)CC1. The van der Waals surface area contributed by atoms with Crippen molar-refractivity contribution in [1.82, 2.24) is 14.7 Å². The lowest BCUT2D eigenvalue weighted by atomic mass is 9.76. The van der Waals surface area contributed by atoms with Crippen LogP contribution in [0, 0.1) is 22.0 Å². The zero-order valence-corrected chi connectivity index (χ0v) is 36.6. The molecule has 336 valence electrons. The zero-order valence-electron chi connectivity index (χ0n) is 35.8. The standard InChI is InChI=1S/C49H51N7O8S/c50-47(57)34-9-7-33(8-10-34)40-4-1-2-5-41(40)44-6-3-23-55(44)37-14-11-32(12-15-37)35-13-17-42(46(27-35)64-38-26-36-19-22-51-48(36)53-30-38)49(58)54-65(61,62)39-16-18-43(45(28-39)56(59)60)52-29-31-20-24-63-25-21-31/h1-2,4-5,11-19,22,26-28,30-31,33-34,44,52H,3,6-10,20-21,23-25,29H2,(H2,50,57)(H,51,53)(H,54,58)/t33?,34?,44-/m1/s1. The molecular weight excluding hydrogens is 847 g/mol. The second-order valence-electron chi connectivity index (χ2n) is 17.2. The molecular formula is C49H51N7O8S. The molecule has 4 aromatic carbocycles. The van der Waals surface area contributed by atoms with Gasteiger partial charge in [-0.15, -0.1) is 0 Å². The van der Waals surface area contributed by atoms with Crippen molar-refractivity contribution in [3.8, 4) is 22.6 Å². The van der Waals surface area contributed by atoms with Crippen LogP contribution in [0.15, 0.2) is 114 Å². The number of aromatic nitrogens is 2. The molecule has 2 amide bonds. The van der Waals surface area contributed by atoms with Gasteiger partial charge in [-0.3, -0.25) is 19.7 Å². The van der Waals surface area contributed by atoms with Crippen molar-refractivity contribution >= 4 is 49.9 Å². The fraction of sp³-hybridized carbons (Fsp3) is 0.327. The number of sulfonamides is 1. The number of anilines is 2. The van der Waals surface area contributed by atoms with Crippen molar-refractivity contribution in [3.63, 3.8) is 0 Å². The second-order valence-corrected chi connectivity index (χ2v) is 18.9. The minimum absolute atomic E-state index is 0.0461. The number of ether oxygens (including phenoxy) is 2. The number of nitro benzene ring substituents is 1. The first kappa shape index (κ1) is 43.5. The maximum Gasteiger partial charge on any atom is 0.293 e. The third-order valence-electron chi connectivity index (χ3n) is 13.2. The highest BCUT2D eigenvalue weighted by Gasteiger charge is 2.33. The lowest BCUT2D eigenvalue weighted by molar-refractivity contribution is -0.384. The van der Waals surface area contributed by atoms with Crippen LogP contribution in [-0.2, 0) is 19.6 Å². The van der Waals surface area contributed by atoms with E-state index in [4.69, 9.17) is 15.2 Å². The van der Waals surface area contributed by atoms with E-state index < -0.39 is 31.4 Å². The van der Waals surface area contributed by atoms with Crippen molar-refractivity contribution in [1.29, 1.82) is 0 Å². The summed E-state index contributed by atoms with van der Waals surface area (Å²) < 4.78 is 41.2. The van der Waals surface area contributed by atoms with Gasteiger partial charge in [0.2, 0.25) is 5.91 Å². The molecule has 1 aliphatic carbocycles. The van der Waals surface area contributed by atoms with Gasteiger partial charge in [0.05, 0.1) is 27.6 Å². The summed E-state index contributed by atoms with van der Waals surface area (Å²) >= 11 is 0. The van der Waals surface area contributed by atoms with E-state index in [-0.39, 0.29) is 40.8 Å². The van der Waals surface area contributed by atoms with Crippen LogP contribution in [-0.4, -0.2) is 61.4 Å². The molecule has 65 heavy (non-hydrogen) atoms. The molecule has 1 atom stereocenters. The smallest absolute Gasteiger partial charge is 0.293 e. The summed E-state index contributed by atoms with van der Waals surface area (Å²) in [6.45, 7) is 2.61. The minimum Gasteiger partial charge on any atom is -0.455 e. The second kappa shape index (κ2) is 18.7. The quantitative estimate of drug-likeness (QED) is 0.0598. The minimum atomic E-state index is -4.58. The number of pyridine rings is 1. The number of H-pyrrole nitrogens is 1. The number of carbonyl (C=O) groups is 2. The number of fused-ring (bicyclic) bond motifs is 1. The van der Waals surface area contributed by atoms with E-state index in [1.165, 1.54) is 35.5 Å². The fourth-order valence-electron chi connectivity index (χ4n) is 9.62. The number of nitro groups is 1. The molecule has 16 heteroatoms. The van der Waals surface area contributed by atoms with Crippen LogP contribution in [0.2, 0.25) is 0 Å². The van der Waals surface area contributed by atoms with Crippen molar-refractivity contribution in [2.75, 3.05) is 36.5 Å². The molecule has 4 heterocycles. The number of nitrogens with zero attached hydrogens (tertiary/aromatic N) is 3. The monoisotopic (exact) mass is 897 g/mol. The lowest BCUT2D eigenvalue weighted by Gasteiger charge is -2.33. The van der Waals surface area contributed by atoms with Gasteiger partial charge < -0.3 is 30.4 Å². The van der Waals surface area contributed by atoms with Gasteiger partial charge in [0.1, 0.15) is 22.8 Å². The zero-order chi connectivity index (χ0) is 45.1. The van der Waals surface area contributed by atoms with Crippen LogP contribution in [0.3, 0.4) is 0 Å². The number of carbonyl (C=O) groups excluding carboxylic acids is 2. The molecule has 6 aromatic rings. The van der Waals surface area contributed by atoms with Crippen molar-refractivity contribution in [2.24, 2.45) is 17.6 Å². The van der Waals surface area contributed by atoms with Crippen LogP contribution >= 0.6 is 0 Å². The van der Waals surface area contributed by atoms with Gasteiger partial charge in [-0.05, 0) is 134 Å². The summed E-state index contributed by atoms with van der Waals surface area (Å²) in [6.07, 6.45) is 10.5. The van der Waals surface area contributed by atoms with Gasteiger partial charge in [0.15, 0.2) is 0 Å². The Morgan fingerprint density at radius 2 is 1.65 bits per heavy atom. The van der Waals surface area contributed by atoms with Crippen molar-refractivity contribution < 1.29 is 32.4 Å². The Balaban J connectivity index is 0.963. The summed E-state index contributed by atoms with van der Waals surface area (Å²) in [4.78, 5) is 46.8. The Hall–Kier alpha value is -6.78. The number of primary amides is 1. The molecule has 9 rings (SSSR count). The normalized spacial score (nSPS) is 19.2. The Bertz CT molecular complexity index is 2840. The molecule has 2 saturated heterocycles. The van der Waals surface area contributed by atoms with Crippen LogP contribution in [0.4, 0.5) is 17.1 Å². The average Bonchev–Trinajstić information content (AvgIpc) is 4.01. The molecule has 0 radical (unpaired) electrons. The van der Waals surface area contributed by atoms with Crippen LogP contribution in [0.5, 0.6) is 11.5 Å². The Kier molecular flexibility index (Phi) is 12.5. The highest BCUT2D eigenvalue weighted by atomic mass is 32.2. The van der Waals surface area contributed by atoms with E-state index in [1.54, 1.807) is 24.4 Å². The lowest BCUT2D eigenvalue weighted by Crippen LogP contribution is -2.31. The Labute approximate surface area is 376 Å². The highest BCUT2D eigenvalue weighted by molar-refractivity contribution is 7.90. The van der Waals surface area contributed by atoms with Gasteiger partial charge in [-0.25, -0.2) is 18.1 Å². The molecule has 2 aliphatic heterocycles. The van der Waals surface area contributed by atoms with E-state index >= 15 is 0 Å². The molecule has 0 spiro atoms. The predicted octanol–water partition coefficient (Wildman–Crippen LogP) is 8.99. The fourth-order valence-corrected chi connectivity index (χ4v) is 10.6. The topological polar surface area (TPSA) is 212 Å². The summed E-state index contributed by atoms with van der Waals surface area (Å²) in [6, 6.07) is 29.2. The van der Waals surface area contributed by atoms with E-state index in [0.29, 0.717) is 37.1 Å².